The molecule has 116 valence electrons. The molecule has 2 heterocycles. The SMILES string of the molecule is C[C@@H](C(=O)N1CCO[C@@H](c2ccc(F)cc2)C1)n1cncn1. The van der Waals surface area contributed by atoms with E-state index >= 15 is 0 Å². The molecule has 1 saturated heterocycles. The lowest BCUT2D eigenvalue weighted by Gasteiger charge is -2.34. The van der Waals surface area contributed by atoms with Crippen LogP contribution in [0.4, 0.5) is 4.39 Å². The minimum atomic E-state index is -0.408. The summed E-state index contributed by atoms with van der Waals surface area (Å²) in [5, 5.41) is 4.00. The Bertz CT molecular complexity index is 630. The third-order valence-electron chi connectivity index (χ3n) is 3.81. The molecule has 0 radical (unpaired) electrons. The summed E-state index contributed by atoms with van der Waals surface area (Å²) in [6.07, 6.45) is 2.70. The molecule has 7 heteroatoms. The van der Waals surface area contributed by atoms with Crippen LogP contribution in [0.2, 0.25) is 0 Å². The fourth-order valence-electron chi connectivity index (χ4n) is 2.52. The van der Waals surface area contributed by atoms with Gasteiger partial charge in [-0.2, -0.15) is 5.10 Å². The Kier molecular flexibility index (Phi) is 4.15. The molecular formula is C15H17FN4O2. The Hall–Kier alpha value is -2.28. The first kappa shape index (κ1) is 14.6. The molecule has 1 amide bonds. The Morgan fingerprint density at radius 1 is 1.41 bits per heavy atom. The van der Waals surface area contributed by atoms with Crippen molar-refractivity contribution in [3.05, 3.63) is 48.3 Å². The van der Waals surface area contributed by atoms with Gasteiger partial charge in [0.15, 0.2) is 0 Å². The third-order valence-corrected chi connectivity index (χ3v) is 3.81. The van der Waals surface area contributed by atoms with Crippen molar-refractivity contribution < 1.29 is 13.9 Å². The lowest BCUT2D eigenvalue weighted by atomic mass is 10.1. The Labute approximate surface area is 127 Å². The lowest BCUT2D eigenvalue weighted by molar-refractivity contribution is -0.142. The minimum absolute atomic E-state index is 0.0269. The largest absolute Gasteiger partial charge is 0.370 e. The highest BCUT2D eigenvalue weighted by Gasteiger charge is 2.29. The fraction of sp³-hybridized carbons (Fsp3) is 0.400. The second kappa shape index (κ2) is 6.23. The Balaban J connectivity index is 1.70. The number of benzene rings is 1. The second-order valence-electron chi connectivity index (χ2n) is 5.25. The van der Waals surface area contributed by atoms with E-state index in [9.17, 15) is 9.18 Å². The number of hydrogen-bond donors (Lipinski definition) is 0. The van der Waals surface area contributed by atoms with Crippen molar-refractivity contribution in [1.29, 1.82) is 0 Å². The predicted molar refractivity (Wildman–Crippen MR) is 76.4 cm³/mol. The number of nitrogens with zero attached hydrogens (tertiary/aromatic N) is 4. The molecule has 0 N–H and O–H groups in total. The number of ether oxygens (including phenoxy) is 1. The molecule has 1 aromatic carbocycles. The van der Waals surface area contributed by atoms with Crippen LogP contribution in [-0.4, -0.2) is 45.3 Å². The molecular weight excluding hydrogens is 287 g/mol. The smallest absolute Gasteiger partial charge is 0.247 e. The molecule has 0 unspecified atom stereocenters. The number of aromatic nitrogens is 3. The van der Waals surface area contributed by atoms with E-state index in [1.165, 1.54) is 29.5 Å². The van der Waals surface area contributed by atoms with Crippen LogP contribution in [0.25, 0.3) is 0 Å². The predicted octanol–water partition coefficient (Wildman–Crippen LogP) is 1.58. The van der Waals surface area contributed by atoms with Crippen molar-refractivity contribution in [2.75, 3.05) is 19.7 Å². The van der Waals surface area contributed by atoms with Gasteiger partial charge in [0.05, 0.1) is 13.2 Å². The first-order chi connectivity index (χ1) is 10.6. The maximum atomic E-state index is 13.0. The van der Waals surface area contributed by atoms with E-state index in [4.69, 9.17) is 4.74 Å². The Morgan fingerprint density at radius 3 is 2.86 bits per heavy atom. The van der Waals surface area contributed by atoms with Crippen molar-refractivity contribution in [2.45, 2.75) is 19.1 Å². The first-order valence-corrected chi connectivity index (χ1v) is 7.15. The fourth-order valence-corrected chi connectivity index (χ4v) is 2.52. The maximum absolute atomic E-state index is 13.0. The summed E-state index contributed by atoms with van der Waals surface area (Å²) in [5.74, 6) is -0.312. The zero-order chi connectivity index (χ0) is 15.5. The van der Waals surface area contributed by atoms with E-state index in [-0.39, 0.29) is 17.8 Å². The summed E-state index contributed by atoms with van der Waals surface area (Å²) in [6, 6.07) is 5.77. The number of rotatable bonds is 3. The van der Waals surface area contributed by atoms with Gasteiger partial charge in [0.25, 0.3) is 0 Å². The van der Waals surface area contributed by atoms with E-state index in [0.717, 1.165) is 5.56 Å². The van der Waals surface area contributed by atoms with Crippen LogP contribution in [0.3, 0.4) is 0 Å². The number of amides is 1. The molecule has 1 aliphatic heterocycles. The first-order valence-electron chi connectivity index (χ1n) is 7.15. The van der Waals surface area contributed by atoms with Gasteiger partial charge in [0.2, 0.25) is 5.91 Å². The standard InChI is InChI=1S/C15H17FN4O2/c1-11(20-10-17-9-18-20)15(21)19-6-7-22-14(8-19)12-2-4-13(16)5-3-12/h2-5,9-11,14H,6-8H2,1H3/t11-,14+/m0/s1. The van der Waals surface area contributed by atoms with E-state index < -0.39 is 6.04 Å². The van der Waals surface area contributed by atoms with Crippen LogP contribution >= 0.6 is 0 Å². The van der Waals surface area contributed by atoms with Crippen molar-refractivity contribution in [3.8, 4) is 0 Å². The summed E-state index contributed by atoms with van der Waals surface area (Å²) in [7, 11) is 0. The van der Waals surface area contributed by atoms with Gasteiger partial charge in [-0.05, 0) is 24.6 Å². The summed E-state index contributed by atoms with van der Waals surface area (Å²) in [5.41, 5.74) is 0.868. The van der Waals surface area contributed by atoms with E-state index in [0.29, 0.717) is 19.7 Å². The molecule has 1 fully saturated rings. The molecule has 2 atom stereocenters. The zero-order valence-corrected chi connectivity index (χ0v) is 12.2. The number of morpholine rings is 1. The van der Waals surface area contributed by atoms with Crippen molar-refractivity contribution >= 4 is 5.91 Å². The summed E-state index contributed by atoms with van der Waals surface area (Å²) in [4.78, 5) is 18.2. The van der Waals surface area contributed by atoms with Crippen molar-refractivity contribution in [2.24, 2.45) is 0 Å². The van der Waals surface area contributed by atoms with Crippen LogP contribution in [0.1, 0.15) is 24.6 Å². The highest BCUT2D eigenvalue weighted by molar-refractivity contribution is 5.80. The summed E-state index contributed by atoms with van der Waals surface area (Å²) < 4.78 is 20.2. The van der Waals surface area contributed by atoms with Gasteiger partial charge in [0.1, 0.15) is 30.6 Å². The van der Waals surface area contributed by atoms with Gasteiger partial charge in [0, 0.05) is 6.54 Å². The second-order valence-corrected chi connectivity index (χ2v) is 5.25. The normalized spacial score (nSPS) is 19.9. The molecule has 6 nitrogen and oxygen atoms in total. The number of halogens is 1. The van der Waals surface area contributed by atoms with Crippen LogP contribution < -0.4 is 0 Å². The third kappa shape index (κ3) is 2.99. The monoisotopic (exact) mass is 304 g/mol. The summed E-state index contributed by atoms with van der Waals surface area (Å²) in [6.45, 7) is 3.23. The highest BCUT2D eigenvalue weighted by Crippen LogP contribution is 2.24. The lowest BCUT2D eigenvalue weighted by Crippen LogP contribution is -2.45. The van der Waals surface area contributed by atoms with Gasteiger partial charge in [-0.1, -0.05) is 12.1 Å². The number of hydrogen-bond acceptors (Lipinski definition) is 4. The summed E-state index contributed by atoms with van der Waals surface area (Å²) >= 11 is 0. The number of carbonyl (C=O) groups excluding carboxylic acids is 1. The Morgan fingerprint density at radius 2 is 2.18 bits per heavy atom. The van der Waals surface area contributed by atoms with Gasteiger partial charge in [-0.15, -0.1) is 0 Å². The van der Waals surface area contributed by atoms with Gasteiger partial charge in [-0.25, -0.2) is 14.1 Å². The van der Waals surface area contributed by atoms with E-state index in [2.05, 4.69) is 10.1 Å². The molecule has 2 aromatic rings. The van der Waals surface area contributed by atoms with E-state index in [1.54, 1.807) is 24.0 Å². The zero-order valence-electron chi connectivity index (χ0n) is 12.2. The average molecular weight is 304 g/mol. The molecule has 1 aromatic heterocycles. The van der Waals surface area contributed by atoms with Crippen LogP contribution in [0.15, 0.2) is 36.9 Å². The van der Waals surface area contributed by atoms with Crippen molar-refractivity contribution in [1.82, 2.24) is 19.7 Å². The molecule has 3 rings (SSSR count). The van der Waals surface area contributed by atoms with Crippen LogP contribution in [-0.2, 0) is 9.53 Å². The van der Waals surface area contributed by atoms with Gasteiger partial charge in [-0.3, -0.25) is 4.79 Å². The van der Waals surface area contributed by atoms with Gasteiger partial charge >= 0.3 is 0 Å². The van der Waals surface area contributed by atoms with E-state index in [1.807, 2.05) is 0 Å². The van der Waals surface area contributed by atoms with Gasteiger partial charge < -0.3 is 9.64 Å². The van der Waals surface area contributed by atoms with Crippen molar-refractivity contribution in [3.63, 3.8) is 0 Å². The maximum Gasteiger partial charge on any atom is 0.247 e. The molecule has 1 aliphatic rings. The van der Waals surface area contributed by atoms with Crippen LogP contribution in [0, 0.1) is 5.82 Å². The molecule has 0 bridgehead atoms. The highest BCUT2D eigenvalue weighted by atomic mass is 19.1. The molecule has 0 spiro atoms. The number of carbonyl (C=O) groups is 1. The average Bonchev–Trinajstić information content (AvgIpc) is 3.09. The topological polar surface area (TPSA) is 60.2 Å². The minimum Gasteiger partial charge on any atom is -0.370 e. The van der Waals surface area contributed by atoms with Crippen LogP contribution in [0.5, 0.6) is 0 Å². The molecule has 0 saturated carbocycles. The molecule has 0 aliphatic carbocycles. The molecule has 22 heavy (non-hydrogen) atoms. The quantitative estimate of drug-likeness (QED) is 0.864.